The van der Waals surface area contributed by atoms with Crippen molar-refractivity contribution in [3.63, 3.8) is 0 Å². The first-order valence-corrected chi connectivity index (χ1v) is 9.03. The Hall–Kier alpha value is -3.00. The van der Waals surface area contributed by atoms with Crippen molar-refractivity contribution < 1.29 is 9.72 Å². The third-order valence-electron chi connectivity index (χ3n) is 4.61. The number of aromatic nitrogens is 2. The smallest absolute Gasteiger partial charge is 0.293 e. The zero-order valence-corrected chi connectivity index (χ0v) is 14.9. The maximum absolute atomic E-state index is 12.6. The van der Waals surface area contributed by atoms with Gasteiger partial charge in [-0.25, -0.2) is 4.98 Å². The molecule has 132 valence electrons. The van der Waals surface area contributed by atoms with Gasteiger partial charge in [-0.3, -0.25) is 14.9 Å². The lowest BCUT2D eigenvalue weighted by Gasteiger charge is -2.28. The van der Waals surface area contributed by atoms with E-state index in [4.69, 9.17) is 0 Å². The maximum atomic E-state index is 12.6. The number of rotatable bonds is 4. The number of carbonyl (C=O) groups is 1. The predicted octanol–water partition coefficient (Wildman–Crippen LogP) is 3.18. The van der Waals surface area contributed by atoms with Gasteiger partial charge < -0.3 is 9.47 Å². The van der Waals surface area contributed by atoms with Crippen LogP contribution in [0.5, 0.6) is 0 Å². The Kier molecular flexibility index (Phi) is 4.04. The second kappa shape index (κ2) is 6.38. The fourth-order valence-corrected chi connectivity index (χ4v) is 4.14. The molecule has 0 fully saturated rings. The van der Waals surface area contributed by atoms with Gasteiger partial charge in [-0.05, 0) is 35.6 Å². The molecule has 0 N–H and O–H groups in total. The molecule has 0 saturated heterocycles. The molecule has 3 heterocycles. The molecular formula is C18H16N4O3S. The van der Waals surface area contributed by atoms with Crippen molar-refractivity contribution in [1.82, 2.24) is 9.55 Å². The second-order valence-corrected chi connectivity index (χ2v) is 7.19. The normalized spacial score (nSPS) is 13.5. The van der Waals surface area contributed by atoms with Gasteiger partial charge in [0.05, 0.1) is 4.92 Å². The zero-order chi connectivity index (χ0) is 18.3. The standard InChI is InChI=1S/C18H16N4O3S/c1-20-8-6-19-18(20)17(23)12-2-3-14(15(10-12)22(24)25)21-7-4-16-13(11-21)5-9-26-16/h2-3,5-6,8-10H,4,7,11H2,1H3. The fraction of sp³-hybridized carbons (Fsp3) is 0.222. The van der Waals surface area contributed by atoms with Crippen molar-refractivity contribution in [2.24, 2.45) is 7.05 Å². The van der Waals surface area contributed by atoms with Gasteiger partial charge in [-0.15, -0.1) is 11.3 Å². The number of fused-ring (bicyclic) bond motifs is 1. The first-order chi connectivity index (χ1) is 12.5. The number of hydrogen-bond donors (Lipinski definition) is 0. The summed E-state index contributed by atoms with van der Waals surface area (Å²) < 4.78 is 1.60. The van der Waals surface area contributed by atoms with E-state index in [9.17, 15) is 14.9 Å². The van der Waals surface area contributed by atoms with Crippen LogP contribution in [-0.2, 0) is 20.0 Å². The molecule has 0 bridgehead atoms. The number of nitro groups is 1. The van der Waals surface area contributed by atoms with Gasteiger partial charge in [0.1, 0.15) is 5.69 Å². The van der Waals surface area contributed by atoms with Crippen molar-refractivity contribution in [2.75, 3.05) is 11.4 Å². The predicted molar refractivity (Wildman–Crippen MR) is 98.8 cm³/mol. The van der Waals surface area contributed by atoms with Crippen LogP contribution in [0.4, 0.5) is 11.4 Å². The number of aryl methyl sites for hydroxylation is 1. The van der Waals surface area contributed by atoms with Crippen LogP contribution in [0.1, 0.15) is 26.6 Å². The minimum Gasteiger partial charge on any atom is -0.361 e. The summed E-state index contributed by atoms with van der Waals surface area (Å²) in [4.78, 5) is 31.2. The maximum Gasteiger partial charge on any atom is 0.293 e. The number of anilines is 1. The molecule has 0 spiro atoms. The Labute approximate surface area is 153 Å². The highest BCUT2D eigenvalue weighted by Crippen LogP contribution is 2.34. The van der Waals surface area contributed by atoms with E-state index in [-0.39, 0.29) is 22.9 Å². The molecule has 1 aromatic carbocycles. The van der Waals surface area contributed by atoms with E-state index in [0.717, 1.165) is 13.0 Å². The number of benzene rings is 1. The van der Waals surface area contributed by atoms with Crippen molar-refractivity contribution in [3.8, 4) is 0 Å². The number of nitro benzene ring substituents is 1. The highest BCUT2D eigenvalue weighted by molar-refractivity contribution is 7.10. The van der Waals surface area contributed by atoms with Gasteiger partial charge in [-0.2, -0.15) is 0 Å². The number of hydrogen-bond acceptors (Lipinski definition) is 6. The topological polar surface area (TPSA) is 81.3 Å². The fourth-order valence-electron chi connectivity index (χ4n) is 3.25. The molecule has 7 nitrogen and oxygen atoms in total. The van der Waals surface area contributed by atoms with E-state index >= 15 is 0 Å². The molecule has 1 aliphatic rings. The lowest BCUT2D eigenvalue weighted by atomic mass is 10.0. The van der Waals surface area contributed by atoms with E-state index in [1.165, 1.54) is 22.7 Å². The molecular weight excluding hydrogens is 352 g/mol. The van der Waals surface area contributed by atoms with Crippen LogP contribution in [0.15, 0.2) is 42.0 Å². The highest BCUT2D eigenvalue weighted by atomic mass is 32.1. The van der Waals surface area contributed by atoms with Crippen LogP contribution in [0, 0.1) is 10.1 Å². The van der Waals surface area contributed by atoms with E-state index in [1.54, 1.807) is 41.3 Å². The van der Waals surface area contributed by atoms with Crippen LogP contribution in [0.2, 0.25) is 0 Å². The molecule has 8 heteroatoms. The lowest BCUT2D eigenvalue weighted by Crippen LogP contribution is -2.30. The minimum atomic E-state index is -0.423. The Morgan fingerprint density at radius 2 is 2.19 bits per heavy atom. The van der Waals surface area contributed by atoms with Crippen molar-refractivity contribution in [3.05, 3.63) is 74.0 Å². The number of ketones is 1. The molecule has 0 radical (unpaired) electrons. The average Bonchev–Trinajstić information content (AvgIpc) is 3.28. The van der Waals surface area contributed by atoms with Crippen molar-refractivity contribution in [2.45, 2.75) is 13.0 Å². The summed E-state index contributed by atoms with van der Waals surface area (Å²) in [6, 6.07) is 6.74. The van der Waals surface area contributed by atoms with E-state index < -0.39 is 4.92 Å². The summed E-state index contributed by atoms with van der Waals surface area (Å²) >= 11 is 1.72. The largest absolute Gasteiger partial charge is 0.361 e. The Morgan fingerprint density at radius 3 is 2.92 bits per heavy atom. The molecule has 3 aromatic rings. The molecule has 2 aromatic heterocycles. The Morgan fingerprint density at radius 1 is 1.35 bits per heavy atom. The van der Waals surface area contributed by atoms with Gasteiger partial charge >= 0.3 is 0 Å². The third kappa shape index (κ3) is 2.78. The Balaban J connectivity index is 1.70. The number of nitrogens with zero attached hydrogens (tertiary/aromatic N) is 4. The molecule has 4 rings (SSSR count). The van der Waals surface area contributed by atoms with Gasteiger partial charge in [0.25, 0.3) is 5.69 Å². The third-order valence-corrected chi connectivity index (χ3v) is 5.63. The monoisotopic (exact) mass is 368 g/mol. The summed E-state index contributed by atoms with van der Waals surface area (Å²) in [5, 5.41) is 13.7. The Bertz CT molecular complexity index is 1010. The van der Waals surface area contributed by atoms with E-state index in [2.05, 4.69) is 16.4 Å². The number of thiophene rings is 1. The lowest BCUT2D eigenvalue weighted by molar-refractivity contribution is -0.384. The molecule has 0 aliphatic carbocycles. The molecule has 1 aliphatic heterocycles. The van der Waals surface area contributed by atoms with Gasteiger partial charge in [0, 0.05) is 49.0 Å². The summed E-state index contributed by atoms with van der Waals surface area (Å²) in [5.74, 6) is -0.0705. The molecule has 26 heavy (non-hydrogen) atoms. The van der Waals surface area contributed by atoms with Gasteiger partial charge in [0.15, 0.2) is 5.82 Å². The second-order valence-electron chi connectivity index (χ2n) is 6.19. The van der Waals surface area contributed by atoms with Crippen LogP contribution in [-0.4, -0.2) is 26.8 Å². The summed E-state index contributed by atoms with van der Waals surface area (Å²) in [6.45, 7) is 1.37. The van der Waals surface area contributed by atoms with Crippen molar-refractivity contribution >= 4 is 28.5 Å². The SMILES string of the molecule is Cn1ccnc1C(=O)c1ccc(N2CCc3sccc3C2)c([N+](=O)[O-])c1. The van der Waals surface area contributed by atoms with Crippen LogP contribution in [0.25, 0.3) is 0 Å². The minimum absolute atomic E-state index is 0.0521. The first-order valence-electron chi connectivity index (χ1n) is 8.15. The summed E-state index contributed by atoms with van der Waals surface area (Å²) in [6.07, 6.45) is 4.07. The number of imidazole rings is 1. The molecule has 0 amide bonds. The number of carbonyl (C=O) groups excluding carboxylic acids is 1. The van der Waals surface area contributed by atoms with Crippen LogP contribution < -0.4 is 4.90 Å². The molecule has 0 saturated carbocycles. The highest BCUT2D eigenvalue weighted by Gasteiger charge is 2.26. The average molecular weight is 368 g/mol. The van der Waals surface area contributed by atoms with Gasteiger partial charge in [-0.1, -0.05) is 0 Å². The van der Waals surface area contributed by atoms with E-state index in [1.807, 2.05) is 4.90 Å². The molecule has 0 atom stereocenters. The first kappa shape index (κ1) is 16.5. The van der Waals surface area contributed by atoms with Crippen LogP contribution in [0.3, 0.4) is 0 Å². The summed E-state index contributed by atoms with van der Waals surface area (Å²) in [7, 11) is 1.72. The van der Waals surface area contributed by atoms with Crippen molar-refractivity contribution in [1.29, 1.82) is 0 Å². The molecule has 0 unspecified atom stereocenters. The zero-order valence-electron chi connectivity index (χ0n) is 14.1. The van der Waals surface area contributed by atoms with E-state index in [0.29, 0.717) is 12.2 Å². The van der Waals surface area contributed by atoms with Crippen LogP contribution >= 0.6 is 11.3 Å². The van der Waals surface area contributed by atoms with Gasteiger partial charge in [0.2, 0.25) is 5.78 Å². The quantitative estimate of drug-likeness (QED) is 0.401. The summed E-state index contributed by atoms with van der Waals surface area (Å²) in [5.41, 5.74) is 1.97.